The molecule has 36 heavy (non-hydrogen) atoms. The van der Waals surface area contributed by atoms with Crippen molar-refractivity contribution in [2.45, 2.75) is 84.5 Å². The molecule has 0 bridgehead atoms. The molecular formula is C32H41NO3. The Morgan fingerprint density at radius 3 is 2.00 bits per heavy atom. The van der Waals surface area contributed by atoms with E-state index in [1.165, 1.54) is 56.1 Å². The summed E-state index contributed by atoms with van der Waals surface area (Å²) in [6.07, 6.45) is 14.4. The summed E-state index contributed by atoms with van der Waals surface area (Å²) >= 11 is 0. The van der Waals surface area contributed by atoms with Gasteiger partial charge in [-0.1, -0.05) is 76.6 Å². The maximum atomic E-state index is 12.5. The van der Waals surface area contributed by atoms with Crippen molar-refractivity contribution in [1.82, 2.24) is 4.98 Å². The quantitative estimate of drug-likeness (QED) is 0.116. The second-order valence-corrected chi connectivity index (χ2v) is 9.44. The van der Waals surface area contributed by atoms with E-state index < -0.39 is 0 Å². The van der Waals surface area contributed by atoms with E-state index in [1.54, 1.807) is 0 Å². The van der Waals surface area contributed by atoms with Crippen molar-refractivity contribution in [2.24, 2.45) is 0 Å². The Hall–Kier alpha value is -3.14. The molecule has 0 atom stereocenters. The molecule has 0 unspecified atom stereocenters. The van der Waals surface area contributed by atoms with E-state index in [4.69, 9.17) is 9.47 Å². The molecule has 4 heteroatoms. The highest BCUT2D eigenvalue weighted by Crippen LogP contribution is 2.17. The Morgan fingerprint density at radius 1 is 0.667 bits per heavy atom. The molecule has 3 aromatic rings. The van der Waals surface area contributed by atoms with Crippen LogP contribution in [0.1, 0.15) is 92.4 Å². The average Bonchev–Trinajstić information content (AvgIpc) is 2.91. The van der Waals surface area contributed by atoms with Crippen LogP contribution in [0.5, 0.6) is 11.5 Å². The lowest BCUT2D eigenvalue weighted by Gasteiger charge is -2.08. The molecule has 0 aliphatic heterocycles. The van der Waals surface area contributed by atoms with Crippen LogP contribution in [0.15, 0.2) is 66.9 Å². The van der Waals surface area contributed by atoms with Crippen LogP contribution in [-0.4, -0.2) is 17.6 Å². The normalized spacial score (nSPS) is 10.8. The molecule has 0 spiro atoms. The second kappa shape index (κ2) is 15.8. The zero-order valence-corrected chi connectivity index (χ0v) is 22.0. The minimum Gasteiger partial charge on any atom is -0.492 e. The van der Waals surface area contributed by atoms with Gasteiger partial charge in [0.25, 0.3) is 0 Å². The number of aromatic nitrogens is 1. The summed E-state index contributed by atoms with van der Waals surface area (Å²) in [6.45, 7) is 5.17. The largest absolute Gasteiger partial charge is 0.492 e. The Morgan fingerprint density at radius 2 is 1.31 bits per heavy atom. The van der Waals surface area contributed by atoms with E-state index in [-0.39, 0.29) is 5.97 Å². The fourth-order valence-electron chi connectivity index (χ4n) is 4.09. The van der Waals surface area contributed by atoms with Crippen molar-refractivity contribution in [3.63, 3.8) is 0 Å². The molecule has 192 valence electrons. The Bertz CT molecular complexity index is 1010. The van der Waals surface area contributed by atoms with E-state index in [0.717, 1.165) is 43.7 Å². The molecule has 2 aromatic carbocycles. The summed E-state index contributed by atoms with van der Waals surface area (Å²) in [5.74, 6) is 1.07. The summed E-state index contributed by atoms with van der Waals surface area (Å²) < 4.78 is 11.3. The number of carbonyl (C=O) groups excluding carboxylic acids is 1. The van der Waals surface area contributed by atoms with Gasteiger partial charge < -0.3 is 9.47 Å². The minimum absolute atomic E-state index is 0.321. The molecule has 0 aliphatic rings. The van der Waals surface area contributed by atoms with Crippen molar-refractivity contribution in [3.8, 4) is 11.5 Å². The lowest BCUT2D eigenvalue weighted by Crippen LogP contribution is -2.08. The molecular weight excluding hydrogens is 446 g/mol. The van der Waals surface area contributed by atoms with Crippen molar-refractivity contribution < 1.29 is 14.3 Å². The van der Waals surface area contributed by atoms with Gasteiger partial charge >= 0.3 is 5.97 Å². The fraction of sp³-hybridized carbons (Fsp3) is 0.438. The van der Waals surface area contributed by atoms with Gasteiger partial charge in [0.1, 0.15) is 11.5 Å². The molecule has 0 saturated heterocycles. The standard InChI is InChI=1S/C32H41NO3/c1-3-5-7-8-9-11-26-12-17-28(18-13-26)32(34)36-30-21-15-27(16-22-30)14-19-29-20-23-31(25-33-29)35-24-10-6-4-2/h12-13,15-18,20-23,25H,3-11,14,19,24H2,1-2H3. The summed E-state index contributed by atoms with van der Waals surface area (Å²) in [4.78, 5) is 17.1. The summed E-state index contributed by atoms with van der Waals surface area (Å²) in [5, 5.41) is 0. The van der Waals surface area contributed by atoms with Gasteiger partial charge in [-0.2, -0.15) is 0 Å². The maximum absolute atomic E-state index is 12.5. The number of rotatable bonds is 16. The number of aryl methyl sites for hydroxylation is 3. The first kappa shape index (κ1) is 27.4. The zero-order valence-electron chi connectivity index (χ0n) is 22.0. The molecule has 0 radical (unpaired) electrons. The van der Waals surface area contributed by atoms with Gasteiger partial charge in [0, 0.05) is 5.69 Å². The number of unbranched alkanes of at least 4 members (excludes halogenated alkanes) is 6. The van der Waals surface area contributed by atoms with Crippen LogP contribution in [0.4, 0.5) is 0 Å². The average molecular weight is 488 g/mol. The molecule has 0 amide bonds. The highest BCUT2D eigenvalue weighted by molar-refractivity contribution is 5.91. The van der Waals surface area contributed by atoms with Crippen LogP contribution < -0.4 is 9.47 Å². The predicted octanol–water partition coefficient (Wildman–Crippen LogP) is 8.17. The monoisotopic (exact) mass is 487 g/mol. The Kier molecular flexibility index (Phi) is 12.0. The second-order valence-electron chi connectivity index (χ2n) is 9.44. The van der Waals surface area contributed by atoms with Crippen LogP contribution in [0.3, 0.4) is 0 Å². The first-order valence-corrected chi connectivity index (χ1v) is 13.7. The summed E-state index contributed by atoms with van der Waals surface area (Å²) in [5.41, 5.74) is 4.07. The molecule has 1 heterocycles. The van der Waals surface area contributed by atoms with Crippen LogP contribution in [-0.2, 0) is 19.3 Å². The summed E-state index contributed by atoms with van der Waals surface area (Å²) in [6, 6.07) is 19.6. The van der Waals surface area contributed by atoms with E-state index in [2.05, 4.69) is 18.8 Å². The maximum Gasteiger partial charge on any atom is 0.343 e. The topological polar surface area (TPSA) is 48.4 Å². The van der Waals surface area contributed by atoms with Crippen LogP contribution >= 0.6 is 0 Å². The summed E-state index contributed by atoms with van der Waals surface area (Å²) in [7, 11) is 0. The molecule has 0 aliphatic carbocycles. The van der Waals surface area contributed by atoms with Crippen LogP contribution in [0.2, 0.25) is 0 Å². The minimum atomic E-state index is -0.321. The third-order valence-corrected chi connectivity index (χ3v) is 6.38. The molecule has 3 rings (SSSR count). The fourth-order valence-corrected chi connectivity index (χ4v) is 4.09. The Balaban J connectivity index is 1.40. The SMILES string of the molecule is CCCCCCCc1ccc(C(=O)Oc2ccc(CCc3ccc(OCCCCC)cn3)cc2)cc1. The van der Waals surface area contributed by atoms with Gasteiger partial charge in [-0.3, -0.25) is 4.98 Å². The van der Waals surface area contributed by atoms with E-state index in [1.807, 2.05) is 66.9 Å². The molecule has 1 aromatic heterocycles. The van der Waals surface area contributed by atoms with Gasteiger partial charge in [-0.25, -0.2) is 4.79 Å². The van der Waals surface area contributed by atoms with Crippen LogP contribution in [0.25, 0.3) is 0 Å². The van der Waals surface area contributed by atoms with E-state index in [9.17, 15) is 4.79 Å². The predicted molar refractivity (Wildman–Crippen MR) is 147 cm³/mol. The van der Waals surface area contributed by atoms with Gasteiger partial charge in [0.15, 0.2) is 0 Å². The number of hydrogen-bond donors (Lipinski definition) is 0. The molecule has 4 nitrogen and oxygen atoms in total. The lowest BCUT2D eigenvalue weighted by molar-refractivity contribution is 0.0734. The number of ether oxygens (including phenoxy) is 2. The van der Waals surface area contributed by atoms with Gasteiger partial charge in [-0.05, 0) is 79.6 Å². The molecule has 0 fully saturated rings. The number of carbonyl (C=O) groups is 1. The molecule has 0 N–H and O–H groups in total. The number of esters is 1. The van der Waals surface area contributed by atoms with Crippen molar-refractivity contribution >= 4 is 5.97 Å². The van der Waals surface area contributed by atoms with E-state index >= 15 is 0 Å². The Labute approximate surface area is 217 Å². The number of pyridine rings is 1. The van der Waals surface area contributed by atoms with Crippen LogP contribution in [0, 0.1) is 0 Å². The van der Waals surface area contributed by atoms with Crippen molar-refractivity contribution in [3.05, 3.63) is 89.2 Å². The highest BCUT2D eigenvalue weighted by Gasteiger charge is 2.09. The first-order valence-electron chi connectivity index (χ1n) is 13.7. The third-order valence-electron chi connectivity index (χ3n) is 6.38. The number of hydrogen-bond acceptors (Lipinski definition) is 4. The number of nitrogens with zero attached hydrogens (tertiary/aromatic N) is 1. The van der Waals surface area contributed by atoms with E-state index in [0.29, 0.717) is 11.3 Å². The smallest absolute Gasteiger partial charge is 0.343 e. The molecule has 0 saturated carbocycles. The van der Waals surface area contributed by atoms with Gasteiger partial charge in [0.2, 0.25) is 0 Å². The first-order chi connectivity index (χ1) is 17.7. The zero-order chi connectivity index (χ0) is 25.4. The van der Waals surface area contributed by atoms with Gasteiger partial charge in [-0.15, -0.1) is 0 Å². The number of benzene rings is 2. The third kappa shape index (κ3) is 9.85. The highest BCUT2D eigenvalue weighted by atomic mass is 16.5. The van der Waals surface area contributed by atoms with Gasteiger partial charge in [0.05, 0.1) is 18.4 Å². The van der Waals surface area contributed by atoms with Crippen molar-refractivity contribution in [1.29, 1.82) is 0 Å². The van der Waals surface area contributed by atoms with Crippen molar-refractivity contribution in [2.75, 3.05) is 6.61 Å². The lowest BCUT2D eigenvalue weighted by atomic mass is 10.0.